The number of amides is 1. The topological polar surface area (TPSA) is 138 Å². The largest absolute Gasteiger partial charge is 0.388 e. The highest BCUT2D eigenvalue weighted by Gasteiger charge is 2.17. The number of anilines is 2. The molecule has 0 aliphatic rings. The van der Waals surface area contributed by atoms with Crippen LogP contribution in [-0.4, -0.2) is 64.3 Å². The van der Waals surface area contributed by atoms with Crippen LogP contribution in [0.3, 0.4) is 0 Å². The van der Waals surface area contributed by atoms with E-state index < -0.39 is 0 Å². The number of aromatic nitrogens is 5. The molecule has 202 valence electrons. The van der Waals surface area contributed by atoms with Crippen molar-refractivity contribution in [3.05, 3.63) is 84.4 Å². The third-order valence-electron chi connectivity index (χ3n) is 5.53. The number of allylic oxidation sites excluding steroid dienone is 3. The molecule has 3 N–H and O–H groups in total. The molecule has 3 aromatic heterocycles. The summed E-state index contributed by atoms with van der Waals surface area (Å²) in [4.78, 5) is 31.0. The molecule has 0 atom stereocenters. The number of imidazole rings is 2. The lowest BCUT2D eigenvalue weighted by molar-refractivity contribution is -0.105. The van der Waals surface area contributed by atoms with Crippen LogP contribution in [0.4, 0.5) is 11.6 Å². The van der Waals surface area contributed by atoms with E-state index in [0.717, 1.165) is 52.0 Å². The predicted molar refractivity (Wildman–Crippen MR) is 157 cm³/mol. The molecule has 4 aromatic rings. The van der Waals surface area contributed by atoms with E-state index in [2.05, 4.69) is 61.4 Å². The highest BCUT2D eigenvalue weighted by Crippen LogP contribution is 2.22. The van der Waals surface area contributed by atoms with Crippen LogP contribution in [0.25, 0.3) is 17.0 Å². The molecule has 4 rings (SSSR count). The zero-order valence-electron chi connectivity index (χ0n) is 22.8. The summed E-state index contributed by atoms with van der Waals surface area (Å²) in [5.74, 6) is 1.93. The smallest absolute Gasteiger partial charge is 0.231 e. The standard InChI is InChI=1S/C18H22N6.C10H11N3O2/c1-5-15-16(18(20-4)24-10-12(2)21-11-24)23-17(22-15)13-6-8-14(19-3)9-7-13;1-3-4-8(6-11-2)9-5-10(12-7-14)15-13-9/h6-11,19H,5H2,1-4H3,(H,22,23);3-7H,1H2,2H3,(H,12,14)/b;8-4+,11-6?. The van der Waals surface area contributed by atoms with Crippen LogP contribution in [0.2, 0.25) is 0 Å². The molecular formula is C28H33N9O2. The average Bonchev–Trinajstić information content (AvgIpc) is 3.70. The van der Waals surface area contributed by atoms with Gasteiger partial charge in [-0.05, 0) is 37.6 Å². The summed E-state index contributed by atoms with van der Waals surface area (Å²) in [6, 6.07) is 9.79. The van der Waals surface area contributed by atoms with Crippen molar-refractivity contribution in [1.29, 1.82) is 0 Å². The van der Waals surface area contributed by atoms with Gasteiger partial charge in [-0.15, -0.1) is 0 Å². The van der Waals surface area contributed by atoms with Crippen LogP contribution < -0.4 is 10.6 Å². The second kappa shape index (κ2) is 14.0. The Morgan fingerprint density at radius 2 is 2.03 bits per heavy atom. The molecule has 39 heavy (non-hydrogen) atoms. The molecule has 0 bridgehead atoms. The summed E-state index contributed by atoms with van der Waals surface area (Å²) >= 11 is 0. The number of aromatic amines is 1. The second-order valence-corrected chi connectivity index (χ2v) is 8.15. The number of H-pyrrole nitrogens is 1. The lowest BCUT2D eigenvalue weighted by atomic mass is 10.2. The Labute approximate surface area is 227 Å². The van der Waals surface area contributed by atoms with Crippen molar-refractivity contribution in [2.75, 3.05) is 31.8 Å². The fraction of sp³-hybridized carbons (Fsp3) is 0.214. The second-order valence-electron chi connectivity index (χ2n) is 8.15. The van der Waals surface area contributed by atoms with Crippen molar-refractivity contribution in [3.63, 3.8) is 0 Å². The normalized spacial score (nSPS) is 11.7. The number of nitrogens with zero attached hydrogens (tertiary/aromatic N) is 6. The number of hydrogen-bond donors (Lipinski definition) is 3. The molecule has 0 saturated heterocycles. The van der Waals surface area contributed by atoms with Crippen molar-refractivity contribution >= 4 is 35.6 Å². The quantitative estimate of drug-likeness (QED) is 0.126. The minimum absolute atomic E-state index is 0.291. The number of carbonyl (C=O) groups excluding carboxylic acids is 1. The van der Waals surface area contributed by atoms with Crippen molar-refractivity contribution in [1.82, 2.24) is 24.7 Å². The first-order valence-corrected chi connectivity index (χ1v) is 12.2. The number of carbonyl (C=O) groups is 1. The van der Waals surface area contributed by atoms with E-state index >= 15 is 0 Å². The van der Waals surface area contributed by atoms with E-state index in [-0.39, 0.29) is 0 Å². The summed E-state index contributed by atoms with van der Waals surface area (Å²) in [5.41, 5.74) is 6.35. The first kappa shape index (κ1) is 28.5. The fourth-order valence-corrected chi connectivity index (χ4v) is 3.66. The molecule has 0 spiro atoms. The van der Waals surface area contributed by atoms with E-state index in [1.165, 1.54) is 0 Å². The van der Waals surface area contributed by atoms with Crippen LogP contribution in [0.5, 0.6) is 0 Å². The Morgan fingerprint density at radius 1 is 1.26 bits per heavy atom. The molecule has 0 aliphatic carbocycles. The number of benzene rings is 1. The van der Waals surface area contributed by atoms with Gasteiger partial charge in [0.15, 0.2) is 5.84 Å². The van der Waals surface area contributed by atoms with Gasteiger partial charge in [0.2, 0.25) is 12.3 Å². The Kier molecular flexibility index (Phi) is 10.3. The molecule has 1 amide bonds. The van der Waals surface area contributed by atoms with E-state index in [1.54, 1.807) is 44.9 Å². The number of hydrogen-bond acceptors (Lipinski definition) is 8. The van der Waals surface area contributed by atoms with E-state index in [9.17, 15) is 4.79 Å². The SMILES string of the molecule is C=C/C=C(\C=NC)c1cc(NC=O)on1.CCc1[nH]c(-c2ccc(NC)cc2)nc1C(=NC)n1cnc(C)c1. The monoisotopic (exact) mass is 527 g/mol. The van der Waals surface area contributed by atoms with Gasteiger partial charge >= 0.3 is 0 Å². The highest BCUT2D eigenvalue weighted by atomic mass is 16.5. The fourth-order valence-electron chi connectivity index (χ4n) is 3.66. The van der Waals surface area contributed by atoms with Crippen LogP contribution in [-0.2, 0) is 11.2 Å². The maximum Gasteiger partial charge on any atom is 0.231 e. The first-order valence-electron chi connectivity index (χ1n) is 12.2. The van der Waals surface area contributed by atoms with E-state index in [1.807, 2.05) is 36.9 Å². The molecule has 0 radical (unpaired) electrons. The third kappa shape index (κ3) is 7.25. The van der Waals surface area contributed by atoms with Crippen molar-refractivity contribution in [3.8, 4) is 11.4 Å². The van der Waals surface area contributed by atoms with Gasteiger partial charge in [-0.1, -0.05) is 30.8 Å². The van der Waals surface area contributed by atoms with Gasteiger partial charge in [0.1, 0.15) is 23.5 Å². The zero-order valence-corrected chi connectivity index (χ0v) is 22.8. The highest BCUT2D eigenvalue weighted by molar-refractivity contribution is 6.09. The molecule has 0 aliphatic heterocycles. The summed E-state index contributed by atoms with van der Waals surface area (Å²) in [6.07, 6.45) is 10.1. The van der Waals surface area contributed by atoms with Crippen molar-refractivity contribution < 1.29 is 9.32 Å². The molecule has 0 fully saturated rings. The van der Waals surface area contributed by atoms with E-state index in [4.69, 9.17) is 9.51 Å². The van der Waals surface area contributed by atoms with Gasteiger partial charge < -0.3 is 14.8 Å². The van der Waals surface area contributed by atoms with Crippen LogP contribution in [0.15, 0.2) is 76.1 Å². The van der Waals surface area contributed by atoms with Gasteiger partial charge in [-0.2, -0.15) is 0 Å². The van der Waals surface area contributed by atoms with Crippen LogP contribution >= 0.6 is 0 Å². The van der Waals surface area contributed by atoms with Crippen LogP contribution in [0, 0.1) is 6.92 Å². The molecular weight excluding hydrogens is 494 g/mol. The van der Waals surface area contributed by atoms with Gasteiger partial charge in [0.05, 0.1) is 5.69 Å². The summed E-state index contributed by atoms with van der Waals surface area (Å²) in [7, 11) is 5.34. The molecule has 11 nitrogen and oxygen atoms in total. The molecule has 0 saturated carbocycles. The Hall–Kier alpha value is -5.06. The first-order chi connectivity index (χ1) is 19.0. The Bertz CT molecular complexity index is 1470. The Balaban J connectivity index is 0.000000242. The molecule has 3 heterocycles. The third-order valence-corrected chi connectivity index (χ3v) is 5.53. The molecule has 0 unspecified atom stereocenters. The average molecular weight is 528 g/mol. The summed E-state index contributed by atoms with van der Waals surface area (Å²) < 4.78 is 6.76. The number of aryl methyl sites for hydroxylation is 2. The summed E-state index contributed by atoms with van der Waals surface area (Å²) in [5, 5.41) is 9.25. The lowest BCUT2D eigenvalue weighted by Gasteiger charge is -2.05. The molecule has 1 aromatic carbocycles. The van der Waals surface area contributed by atoms with Crippen LogP contribution in [0.1, 0.15) is 29.7 Å². The molecule has 11 heteroatoms. The number of aliphatic imine (C=N–C) groups is 2. The van der Waals surface area contributed by atoms with Crippen molar-refractivity contribution in [2.45, 2.75) is 20.3 Å². The van der Waals surface area contributed by atoms with Crippen molar-refractivity contribution in [2.24, 2.45) is 9.98 Å². The maximum absolute atomic E-state index is 10.1. The minimum atomic E-state index is 0.291. The minimum Gasteiger partial charge on any atom is -0.388 e. The van der Waals surface area contributed by atoms with Gasteiger partial charge in [-0.25, -0.2) is 9.97 Å². The Morgan fingerprint density at radius 3 is 2.59 bits per heavy atom. The lowest BCUT2D eigenvalue weighted by Crippen LogP contribution is -2.14. The predicted octanol–water partition coefficient (Wildman–Crippen LogP) is 4.62. The zero-order chi connectivity index (χ0) is 28.2. The van der Waals surface area contributed by atoms with Gasteiger partial charge in [0, 0.05) is 62.1 Å². The van der Waals surface area contributed by atoms with Gasteiger partial charge in [0.25, 0.3) is 0 Å². The van der Waals surface area contributed by atoms with E-state index in [0.29, 0.717) is 18.0 Å². The van der Waals surface area contributed by atoms with Gasteiger partial charge in [-0.3, -0.25) is 24.7 Å². The maximum atomic E-state index is 10.1. The summed E-state index contributed by atoms with van der Waals surface area (Å²) in [6.45, 7) is 7.65. The number of nitrogens with one attached hydrogen (secondary N) is 3. The number of rotatable bonds is 9.